The van der Waals surface area contributed by atoms with Crippen LogP contribution in [0.25, 0.3) is 20.8 Å². The van der Waals surface area contributed by atoms with E-state index in [-0.39, 0.29) is 0 Å². The van der Waals surface area contributed by atoms with E-state index in [1.165, 1.54) is 10.1 Å². The predicted octanol–water partition coefficient (Wildman–Crippen LogP) is 2.49. The number of rotatable bonds is 2. The molecule has 0 bridgehead atoms. The van der Waals surface area contributed by atoms with Gasteiger partial charge in [0.1, 0.15) is 0 Å². The molecule has 3 heterocycles. The van der Waals surface area contributed by atoms with Gasteiger partial charge in [-0.15, -0.1) is 16.4 Å². The Morgan fingerprint density at radius 1 is 1.14 bits per heavy atom. The number of hydrogen-bond acceptors (Lipinski definition) is 5. The summed E-state index contributed by atoms with van der Waals surface area (Å²) in [5, 5.41) is 12.1. The summed E-state index contributed by atoms with van der Waals surface area (Å²) in [7, 11) is 0. The summed E-state index contributed by atoms with van der Waals surface area (Å²) in [6.45, 7) is 4.04. The number of hydrogen-bond donors (Lipinski definition) is 2. The maximum atomic E-state index is 4.68. The van der Waals surface area contributed by atoms with Crippen molar-refractivity contribution in [3.05, 3.63) is 30.3 Å². The van der Waals surface area contributed by atoms with Crippen molar-refractivity contribution in [2.24, 2.45) is 0 Å². The number of fused-ring (bicyclic) bond motifs is 1. The minimum atomic E-state index is 0.811. The second-order valence-corrected chi connectivity index (χ2v) is 6.31. The first kappa shape index (κ1) is 12.8. The van der Waals surface area contributed by atoms with E-state index in [0.29, 0.717) is 0 Å². The van der Waals surface area contributed by atoms with Gasteiger partial charge >= 0.3 is 0 Å². The highest BCUT2D eigenvalue weighted by Gasteiger charge is 2.15. The Morgan fingerprint density at radius 2 is 2.10 bits per heavy atom. The van der Waals surface area contributed by atoms with Gasteiger partial charge in [0.05, 0.1) is 4.88 Å². The zero-order valence-corrected chi connectivity index (χ0v) is 12.5. The number of benzene rings is 1. The van der Waals surface area contributed by atoms with Gasteiger partial charge in [-0.25, -0.2) is 0 Å². The third-order valence-electron chi connectivity index (χ3n) is 3.76. The second kappa shape index (κ2) is 5.46. The highest BCUT2D eigenvalue weighted by Crippen LogP contribution is 2.31. The van der Waals surface area contributed by atoms with Gasteiger partial charge in [-0.3, -0.25) is 5.10 Å². The third kappa shape index (κ3) is 2.52. The van der Waals surface area contributed by atoms with Crippen LogP contribution in [-0.2, 0) is 0 Å². The van der Waals surface area contributed by atoms with E-state index in [0.717, 1.165) is 49.2 Å². The van der Waals surface area contributed by atoms with E-state index < -0.39 is 0 Å². The van der Waals surface area contributed by atoms with Crippen LogP contribution in [0.1, 0.15) is 6.42 Å². The molecule has 3 aromatic rings. The molecule has 6 heteroatoms. The van der Waals surface area contributed by atoms with E-state index in [4.69, 9.17) is 0 Å². The number of aromatic amines is 1. The monoisotopic (exact) mass is 299 g/mol. The zero-order valence-electron chi connectivity index (χ0n) is 11.7. The van der Waals surface area contributed by atoms with E-state index in [2.05, 4.69) is 55.7 Å². The first-order valence-electron chi connectivity index (χ1n) is 7.27. The fourth-order valence-corrected chi connectivity index (χ4v) is 3.65. The summed E-state index contributed by atoms with van der Waals surface area (Å²) in [5.74, 6) is 1.68. The van der Waals surface area contributed by atoms with Crippen LogP contribution in [0.5, 0.6) is 0 Å². The molecule has 2 aromatic heterocycles. The quantitative estimate of drug-likeness (QED) is 0.763. The fourth-order valence-electron chi connectivity index (χ4n) is 2.65. The molecule has 1 aliphatic heterocycles. The summed E-state index contributed by atoms with van der Waals surface area (Å²) in [6.07, 6.45) is 1.13. The molecular formula is C15H17N5S. The lowest BCUT2D eigenvalue weighted by Gasteiger charge is -2.16. The van der Waals surface area contributed by atoms with Crippen molar-refractivity contribution >= 4 is 27.4 Å². The minimum absolute atomic E-state index is 0.811. The van der Waals surface area contributed by atoms with E-state index in [9.17, 15) is 0 Å². The Morgan fingerprint density at radius 3 is 3.05 bits per heavy atom. The molecule has 0 saturated carbocycles. The summed E-state index contributed by atoms with van der Waals surface area (Å²) < 4.78 is 1.28. The van der Waals surface area contributed by atoms with Gasteiger partial charge in [0.25, 0.3) is 0 Å². The van der Waals surface area contributed by atoms with Crippen molar-refractivity contribution < 1.29 is 0 Å². The highest BCUT2D eigenvalue weighted by atomic mass is 32.1. The summed E-state index contributed by atoms with van der Waals surface area (Å²) in [6, 6.07) is 10.6. The lowest BCUT2D eigenvalue weighted by atomic mass is 10.2. The Bertz CT molecular complexity index is 706. The Labute approximate surface area is 127 Å². The van der Waals surface area contributed by atoms with Crippen LogP contribution < -0.4 is 10.2 Å². The van der Waals surface area contributed by atoms with Crippen molar-refractivity contribution in [3.8, 4) is 10.7 Å². The largest absolute Gasteiger partial charge is 0.338 e. The third-order valence-corrected chi connectivity index (χ3v) is 4.88. The van der Waals surface area contributed by atoms with Crippen LogP contribution in [0, 0.1) is 0 Å². The molecule has 0 radical (unpaired) electrons. The van der Waals surface area contributed by atoms with Crippen molar-refractivity contribution in [1.29, 1.82) is 0 Å². The molecule has 1 aliphatic rings. The molecule has 0 spiro atoms. The van der Waals surface area contributed by atoms with Crippen LogP contribution in [0.3, 0.4) is 0 Å². The second-order valence-electron chi connectivity index (χ2n) is 5.22. The number of anilines is 1. The SMILES string of the molecule is c1ccc2sc(-c3nc(N4CCCNCC4)n[nH]3)cc2c1. The normalized spacial score (nSPS) is 16.3. The average molecular weight is 299 g/mol. The lowest BCUT2D eigenvalue weighted by Crippen LogP contribution is -2.28. The van der Waals surface area contributed by atoms with Gasteiger partial charge in [-0.05, 0) is 30.5 Å². The lowest BCUT2D eigenvalue weighted by molar-refractivity contribution is 0.724. The molecule has 0 aliphatic carbocycles. The molecule has 5 nitrogen and oxygen atoms in total. The molecule has 108 valence electrons. The molecule has 1 saturated heterocycles. The molecule has 21 heavy (non-hydrogen) atoms. The van der Waals surface area contributed by atoms with Crippen LogP contribution >= 0.6 is 11.3 Å². The van der Waals surface area contributed by atoms with Crippen molar-refractivity contribution in [1.82, 2.24) is 20.5 Å². The number of H-pyrrole nitrogens is 1. The van der Waals surface area contributed by atoms with Gasteiger partial charge in [-0.2, -0.15) is 4.98 Å². The standard InChI is InChI=1S/C15H17N5S/c1-2-5-12-11(4-1)10-13(21-12)14-17-15(19-18-14)20-8-3-6-16-7-9-20/h1-2,4-5,10,16H,3,6-9H2,(H,17,18,19). The summed E-state index contributed by atoms with van der Waals surface area (Å²) in [4.78, 5) is 8.07. The molecule has 0 amide bonds. The van der Waals surface area contributed by atoms with Crippen LogP contribution in [-0.4, -0.2) is 41.4 Å². The van der Waals surface area contributed by atoms with Crippen LogP contribution in [0.4, 0.5) is 5.95 Å². The summed E-state index contributed by atoms with van der Waals surface area (Å²) in [5.41, 5.74) is 0. The number of nitrogens with one attached hydrogen (secondary N) is 2. The number of aromatic nitrogens is 3. The van der Waals surface area contributed by atoms with Gasteiger partial charge in [-0.1, -0.05) is 18.2 Å². The number of nitrogens with zero attached hydrogens (tertiary/aromatic N) is 3. The van der Waals surface area contributed by atoms with Crippen molar-refractivity contribution in [2.75, 3.05) is 31.1 Å². The van der Waals surface area contributed by atoms with E-state index in [1.807, 2.05) is 0 Å². The van der Waals surface area contributed by atoms with E-state index in [1.54, 1.807) is 11.3 Å². The molecular weight excluding hydrogens is 282 g/mol. The first-order chi connectivity index (χ1) is 10.4. The zero-order chi connectivity index (χ0) is 14.1. The smallest absolute Gasteiger partial charge is 0.245 e. The predicted molar refractivity (Wildman–Crippen MR) is 86.9 cm³/mol. The molecule has 4 rings (SSSR count). The Balaban J connectivity index is 1.63. The molecule has 2 N–H and O–H groups in total. The number of thiophene rings is 1. The maximum absolute atomic E-state index is 4.68. The summed E-state index contributed by atoms with van der Waals surface area (Å²) >= 11 is 1.75. The van der Waals surface area contributed by atoms with Gasteiger partial charge in [0, 0.05) is 24.3 Å². The van der Waals surface area contributed by atoms with Crippen molar-refractivity contribution in [2.45, 2.75) is 6.42 Å². The average Bonchev–Trinajstić information content (AvgIpc) is 3.07. The minimum Gasteiger partial charge on any atom is -0.338 e. The fraction of sp³-hybridized carbons (Fsp3) is 0.333. The highest BCUT2D eigenvalue weighted by molar-refractivity contribution is 7.22. The van der Waals surface area contributed by atoms with Gasteiger partial charge in [0.2, 0.25) is 5.95 Å². The molecule has 0 unspecified atom stereocenters. The molecule has 1 fully saturated rings. The first-order valence-corrected chi connectivity index (χ1v) is 8.09. The molecule has 1 aromatic carbocycles. The van der Waals surface area contributed by atoms with Gasteiger partial charge in [0.15, 0.2) is 5.82 Å². The maximum Gasteiger partial charge on any atom is 0.245 e. The topological polar surface area (TPSA) is 56.8 Å². The van der Waals surface area contributed by atoms with Crippen LogP contribution in [0.2, 0.25) is 0 Å². The van der Waals surface area contributed by atoms with Gasteiger partial charge < -0.3 is 10.2 Å². The Hall–Kier alpha value is -1.92. The Kier molecular flexibility index (Phi) is 3.33. The van der Waals surface area contributed by atoms with E-state index >= 15 is 0 Å². The molecule has 0 atom stereocenters. The van der Waals surface area contributed by atoms with Crippen molar-refractivity contribution in [3.63, 3.8) is 0 Å². The van der Waals surface area contributed by atoms with Crippen LogP contribution in [0.15, 0.2) is 30.3 Å².